The van der Waals surface area contributed by atoms with E-state index in [1.807, 2.05) is 17.7 Å². The minimum absolute atomic E-state index is 0.0875. The van der Waals surface area contributed by atoms with Gasteiger partial charge in [0.15, 0.2) is 5.82 Å². The summed E-state index contributed by atoms with van der Waals surface area (Å²) in [6.45, 7) is 27.6. The smallest absolute Gasteiger partial charge is 0.163 e. The van der Waals surface area contributed by atoms with Crippen molar-refractivity contribution in [3.63, 3.8) is 0 Å². The first-order valence-corrected chi connectivity index (χ1v) is 17.2. The molecule has 0 unspecified atom stereocenters. The summed E-state index contributed by atoms with van der Waals surface area (Å²) in [6, 6.07) is 33.5. The van der Waals surface area contributed by atoms with Crippen LogP contribution in [0.15, 0.2) is 91.0 Å². The van der Waals surface area contributed by atoms with Gasteiger partial charge in [-0.15, -0.1) is 0 Å². The minimum Gasteiger partial charge on any atom is -0.213 e. The van der Waals surface area contributed by atoms with Gasteiger partial charge in [-0.2, -0.15) is 5.10 Å². The van der Waals surface area contributed by atoms with Crippen molar-refractivity contribution >= 4 is 0 Å². The summed E-state index contributed by atoms with van der Waals surface area (Å²) in [5.74, 6) is 1.60. The molecule has 3 nitrogen and oxygen atoms in total. The van der Waals surface area contributed by atoms with Crippen LogP contribution in [-0.2, 0) is 10.8 Å². The van der Waals surface area contributed by atoms with Crippen LogP contribution in [0.4, 0.5) is 0 Å². The first-order chi connectivity index (χ1) is 21.8. The summed E-state index contributed by atoms with van der Waals surface area (Å²) in [7, 11) is 0. The SMILES string of the molecule is Cc1nc(-c2ccccc2)n(-c2cc(-c3ccc(C(C)(C)CC(C)(C)C)cc3)c(C)c(-c3ccc(C(C)(C)CC(C)(C)C)cc3)c2)n1. The second-order valence-corrected chi connectivity index (χ2v) is 17.3. The first-order valence-electron chi connectivity index (χ1n) is 17.2. The zero-order chi connectivity index (χ0) is 34.4. The lowest BCUT2D eigenvalue weighted by atomic mass is 9.72. The van der Waals surface area contributed by atoms with Gasteiger partial charge in [0.2, 0.25) is 0 Å². The van der Waals surface area contributed by atoms with E-state index >= 15 is 0 Å². The molecule has 4 aromatic carbocycles. The highest BCUT2D eigenvalue weighted by Gasteiger charge is 2.28. The molecule has 0 amide bonds. The molecule has 0 N–H and O–H groups in total. The van der Waals surface area contributed by atoms with Gasteiger partial charge in [0.1, 0.15) is 5.82 Å². The summed E-state index contributed by atoms with van der Waals surface area (Å²) in [6.07, 6.45) is 2.24. The monoisotopic (exact) mass is 625 g/mol. The Hall–Kier alpha value is -3.98. The molecule has 0 radical (unpaired) electrons. The Morgan fingerprint density at radius 1 is 0.532 bits per heavy atom. The van der Waals surface area contributed by atoms with E-state index < -0.39 is 0 Å². The van der Waals surface area contributed by atoms with Crippen LogP contribution in [0.5, 0.6) is 0 Å². The van der Waals surface area contributed by atoms with Crippen molar-refractivity contribution in [2.45, 2.75) is 107 Å². The summed E-state index contributed by atoms with van der Waals surface area (Å²) < 4.78 is 2.01. The predicted octanol–water partition coefficient (Wildman–Crippen LogP) is 12.3. The number of nitrogens with zero attached hydrogens (tertiary/aromatic N) is 3. The molecule has 47 heavy (non-hydrogen) atoms. The predicted molar refractivity (Wildman–Crippen MR) is 201 cm³/mol. The highest BCUT2D eigenvalue weighted by Crippen LogP contribution is 2.41. The summed E-state index contributed by atoms with van der Waals surface area (Å²) >= 11 is 0. The Morgan fingerprint density at radius 2 is 0.957 bits per heavy atom. The summed E-state index contributed by atoms with van der Waals surface area (Å²) in [5.41, 5.74) is 11.6. The average Bonchev–Trinajstić information content (AvgIpc) is 3.37. The Balaban J connectivity index is 1.65. The zero-order valence-electron chi connectivity index (χ0n) is 30.9. The molecule has 3 heteroatoms. The zero-order valence-corrected chi connectivity index (χ0v) is 30.9. The quantitative estimate of drug-likeness (QED) is 0.172. The third-order valence-corrected chi connectivity index (χ3v) is 9.28. The van der Waals surface area contributed by atoms with Crippen LogP contribution >= 0.6 is 0 Å². The molecule has 5 aromatic rings. The maximum Gasteiger partial charge on any atom is 0.163 e. The molecule has 0 aliphatic carbocycles. The standard InChI is InChI=1S/C44H55N3/c1-30-38(32-18-22-35(23-19-32)43(9,10)28-41(3,4)5)26-37(47-40(45-31(2)46-47)34-16-14-13-15-17-34)27-39(30)33-20-24-36(25-21-33)44(11,12)29-42(6,7)8/h13-27H,28-29H2,1-12H3. The fourth-order valence-electron chi connectivity index (χ4n) is 7.85. The van der Waals surface area contributed by atoms with Gasteiger partial charge in [0.25, 0.3) is 0 Å². The number of hydrogen-bond acceptors (Lipinski definition) is 2. The van der Waals surface area contributed by atoms with E-state index in [0.29, 0.717) is 0 Å². The molecule has 0 saturated heterocycles. The van der Waals surface area contributed by atoms with Gasteiger partial charge >= 0.3 is 0 Å². The number of benzene rings is 4. The second kappa shape index (κ2) is 12.6. The third kappa shape index (κ3) is 7.95. The van der Waals surface area contributed by atoms with Gasteiger partial charge in [-0.1, -0.05) is 148 Å². The lowest BCUT2D eigenvalue weighted by molar-refractivity contribution is 0.283. The molecular weight excluding hydrogens is 571 g/mol. The van der Waals surface area contributed by atoms with Crippen LogP contribution in [0, 0.1) is 24.7 Å². The maximum absolute atomic E-state index is 4.92. The van der Waals surface area contributed by atoms with Crippen LogP contribution in [0.1, 0.15) is 105 Å². The van der Waals surface area contributed by atoms with Gasteiger partial charge in [-0.05, 0) is 99.4 Å². The lowest BCUT2D eigenvalue weighted by Gasteiger charge is -2.33. The topological polar surface area (TPSA) is 30.7 Å². The molecule has 1 aromatic heterocycles. The van der Waals surface area contributed by atoms with Crippen LogP contribution in [0.25, 0.3) is 39.3 Å². The van der Waals surface area contributed by atoms with Crippen LogP contribution in [0.3, 0.4) is 0 Å². The Labute approximate surface area is 284 Å². The summed E-state index contributed by atoms with van der Waals surface area (Å²) in [5, 5.41) is 4.92. The second-order valence-electron chi connectivity index (χ2n) is 17.3. The van der Waals surface area contributed by atoms with E-state index in [9.17, 15) is 0 Å². The van der Waals surface area contributed by atoms with Crippen LogP contribution in [0.2, 0.25) is 0 Å². The van der Waals surface area contributed by atoms with Crippen LogP contribution < -0.4 is 0 Å². The van der Waals surface area contributed by atoms with E-state index in [0.717, 1.165) is 35.7 Å². The molecule has 0 aliphatic rings. The van der Waals surface area contributed by atoms with Gasteiger partial charge < -0.3 is 0 Å². The highest BCUT2D eigenvalue weighted by molar-refractivity contribution is 5.81. The van der Waals surface area contributed by atoms with Gasteiger partial charge in [-0.3, -0.25) is 0 Å². The molecule has 0 aliphatic heterocycles. The fourth-order valence-corrected chi connectivity index (χ4v) is 7.85. The van der Waals surface area contributed by atoms with E-state index in [2.05, 4.69) is 161 Å². The lowest BCUT2D eigenvalue weighted by Crippen LogP contribution is -2.24. The number of hydrogen-bond donors (Lipinski definition) is 0. The van der Waals surface area contributed by atoms with Gasteiger partial charge in [0.05, 0.1) is 5.69 Å². The van der Waals surface area contributed by atoms with Gasteiger partial charge in [-0.25, -0.2) is 9.67 Å². The fraction of sp³-hybridized carbons (Fsp3) is 0.409. The van der Waals surface area contributed by atoms with Crippen molar-refractivity contribution in [2.24, 2.45) is 10.8 Å². The highest BCUT2D eigenvalue weighted by atomic mass is 15.3. The van der Waals surface area contributed by atoms with E-state index in [1.54, 1.807) is 0 Å². The van der Waals surface area contributed by atoms with Crippen LogP contribution in [-0.4, -0.2) is 14.8 Å². The Morgan fingerprint density at radius 3 is 1.36 bits per heavy atom. The van der Waals surface area contributed by atoms with E-state index in [4.69, 9.17) is 10.1 Å². The molecule has 0 bridgehead atoms. The van der Waals surface area contributed by atoms with Crippen molar-refractivity contribution in [3.8, 4) is 39.3 Å². The number of aryl methyl sites for hydroxylation is 1. The summed E-state index contributed by atoms with van der Waals surface area (Å²) in [4.78, 5) is 4.87. The van der Waals surface area contributed by atoms with Crippen molar-refractivity contribution in [1.82, 2.24) is 14.8 Å². The van der Waals surface area contributed by atoms with Crippen molar-refractivity contribution in [2.75, 3.05) is 0 Å². The van der Waals surface area contributed by atoms with Crippen molar-refractivity contribution in [3.05, 3.63) is 114 Å². The maximum atomic E-state index is 4.92. The molecule has 0 atom stereocenters. The normalized spacial score (nSPS) is 12.9. The Bertz CT molecular complexity index is 1730. The first kappa shape index (κ1) is 34.4. The molecule has 1 heterocycles. The van der Waals surface area contributed by atoms with E-state index in [-0.39, 0.29) is 21.7 Å². The third-order valence-electron chi connectivity index (χ3n) is 9.28. The molecular formula is C44H55N3. The van der Waals surface area contributed by atoms with Crippen molar-refractivity contribution < 1.29 is 0 Å². The minimum atomic E-state index is 0.0875. The molecule has 5 rings (SSSR count). The van der Waals surface area contributed by atoms with E-state index in [1.165, 1.54) is 38.9 Å². The van der Waals surface area contributed by atoms with Crippen molar-refractivity contribution in [1.29, 1.82) is 0 Å². The molecule has 0 spiro atoms. The molecule has 0 saturated carbocycles. The number of rotatable bonds is 8. The molecule has 246 valence electrons. The average molecular weight is 626 g/mol. The van der Waals surface area contributed by atoms with Gasteiger partial charge in [0, 0.05) is 5.56 Å². The number of aromatic nitrogens is 3. The Kier molecular flexibility index (Phi) is 9.18. The largest absolute Gasteiger partial charge is 0.213 e. The molecule has 0 fully saturated rings.